The predicted molar refractivity (Wildman–Crippen MR) is 186 cm³/mol. The molecule has 7 nitrogen and oxygen atoms in total. The molecule has 1 N–H and O–H groups in total. The van der Waals surface area contributed by atoms with Gasteiger partial charge in [0.2, 0.25) is 11.8 Å². The first kappa shape index (κ1) is 35.0. The summed E-state index contributed by atoms with van der Waals surface area (Å²) < 4.78 is 29.6. The van der Waals surface area contributed by atoms with Crippen LogP contribution in [-0.4, -0.2) is 43.8 Å². The zero-order valence-electron chi connectivity index (χ0n) is 26.2. The number of para-hydroxylation sites is 1. The summed E-state index contributed by atoms with van der Waals surface area (Å²) in [5, 5.41) is 3.79. The fraction of sp³-hybridized carbons (Fsp3) is 0.278. The Morgan fingerprint density at radius 3 is 2.09 bits per heavy atom. The van der Waals surface area contributed by atoms with Crippen molar-refractivity contribution in [3.05, 3.63) is 130 Å². The van der Waals surface area contributed by atoms with Gasteiger partial charge in [-0.15, -0.1) is 0 Å². The van der Waals surface area contributed by atoms with Gasteiger partial charge in [0.1, 0.15) is 12.6 Å². The fourth-order valence-corrected chi connectivity index (χ4v) is 7.06. The molecule has 0 aliphatic carbocycles. The Kier molecular flexibility index (Phi) is 12.3. The van der Waals surface area contributed by atoms with Gasteiger partial charge in [0.25, 0.3) is 10.0 Å². The molecule has 0 aromatic heterocycles. The Labute approximate surface area is 282 Å². The Bertz CT molecular complexity index is 1740. The van der Waals surface area contributed by atoms with E-state index >= 15 is 0 Å². The molecule has 46 heavy (non-hydrogen) atoms. The van der Waals surface area contributed by atoms with Crippen molar-refractivity contribution in [3.8, 4) is 0 Å². The van der Waals surface area contributed by atoms with Gasteiger partial charge < -0.3 is 10.2 Å². The van der Waals surface area contributed by atoms with Crippen LogP contribution >= 0.6 is 23.2 Å². The number of nitrogens with zero attached hydrogens (tertiary/aromatic N) is 2. The van der Waals surface area contributed by atoms with Crippen molar-refractivity contribution >= 4 is 50.7 Å². The van der Waals surface area contributed by atoms with Gasteiger partial charge >= 0.3 is 0 Å². The normalized spacial score (nSPS) is 12.6. The highest BCUT2D eigenvalue weighted by molar-refractivity contribution is 7.92. The third-order valence-corrected chi connectivity index (χ3v) is 10.2. The number of halogens is 2. The fourth-order valence-electron chi connectivity index (χ4n) is 5.11. The number of sulfonamides is 1. The lowest BCUT2D eigenvalue weighted by molar-refractivity contribution is -0.140. The smallest absolute Gasteiger partial charge is 0.264 e. The number of nitrogens with one attached hydrogen (secondary N) is 1. The summed E-state index contributed by atoms with van der Waals surface area (Å²) in [6.07, 6.45) is 1.44. The molecule has 2 amide bonds. The van der Waals surface area contributed by atoms with Crippen LogP contribution in [0, 0.1) is 0 Å². The first-order chi connectivity index (χ1) is 22.0. The highest BCUT2D eigenvalue weighted by atomic mass is 35.5. The monoisotopic (exact) mass is 679 g/mol. The van der Waals surface area contributed by atoms with E-state index < -0.39 is 28.5 Å². The standard InChI is InChI=1S/C36H39Cl2N3O4S/c1-4-26(3)39-36(43)34(22-27-14-8-6-9-15-27)40(24-29-20-21-30(37)23-32(29)38)35(42)25-41(33-19-13-12-16-28(33)5-2)46(44,45)31-17-10-7-11-18-31/h6-21,23,26,34H,4-5,22,24-25H2,1-3H3,(H,39,43)/t26-,34+/m1/s1. The van der Waals surface area contributed by atoms with Gasteiger partial charge in [0, 0.05) is 29.1 Å². The second-order valence-corrected chi connectivity index (χ2v) is 13.8. The molecule has 0 spiro atoms. The molecule has 0 fully saturated rings. The van der Waals surface area contributed by atoms with Crippen LogP contribution < -0.4 is 9.62 Å². The van der Waals surface area contributed by atoms with E-state index in [0.29, 0.717) is 34.1 Å². The van der Waals surface area contributed by atoms with Crippen LogP contribution in [0.2, 0.25) is 10.0 Å². The minimum absolute atomic E-state index is 0.0467. The predicted octanol–water partition coefficient (Wildman–Crippen LogP) is 7.31. The number of rotatable bonds is 14. The van der Waals surface area contributed by atoms with E-state index in [-0.39, 0.29) is 29.8 Å². The maximum absolute atomic E-state index is 14.6. The lowest BCUT2D eigenvalue weighted by Crippen LogP contribution is -2.54. The molecule has 0 saturated heterocycles. The molecule has 0 bridgehead atoms. The number of benzene rings is 4. The van der Waals surface area contributed by atoms with Crippen molar-refractivity contribution in [1.29, 1.82) is 0 Å². The van der Waals surface area contributed by atoms with Gasteiger partial charge in [-0.1, -0.05) is 110 Å². The summed E-state index contributed by atoms with van der Waals surface area (Å²) in [6, 6.07) is 28.4. The Morgan fingerprint density at radius 1 is 0.826 bits per heavy atom. The minimum Gasteiger partial charge on any atom is -0.352 e. The van der Waals surface area contributed by atoms with Crippen molar-refractivity contribution in [1.82, 2.24) is 10.2 Å². The number of carbonyl (C=O) groups is 2. The molecule has 4 aromatic carbocycles. The zero-order valence-corrected chi connectivity index (χ0v) is 28.5. The molecule has 4 aromatic rings. The summed E-state index contributed by atoms with van der Waals surface area (Å²) >= 11 is 12.8. The summed E-state index contributed by atoms with van der Waals surface area (Å²) in [4.78, 5) is 30.1. The van der Waals surface area contributed by atoms with E-state index in [1.807, 2.05) is 63.2 Å². The van der Waals surface area contributed by atoms with E-state index in [2.05, 4.69) is 5.32 Å². The number of aryl methyl sites for hydroxylation is 1. The maximum Gasteiger partial charge on any atom is 0.264 e. The SMILES string of the molecule is CCc1ccccc1N(CC(=O)N(Cc1ccc(Cl)cc1Cl)[C@@H](Cc1ccccc1)C(=O)N[C@H](C)CC)S(=O)(=O)c1ccccc1. The molecule has 0 heterocycles. The van der Waals surface area contributed by atoms with Crippen LogP contribution in [0.15, 0.2) is 108 Å². The summed E-state index contributed by atoms with van der Waals surface area (Å²) in [7, 11) is -4.19. The summed E-state index contributed by atoms with van der Waals surface area (Å²) in [5.74, 6) is -0.903. The second kappa shape index (κ2) is 16.1. The molecule has 0 radical (unpaired) electrons. The van der Waals surface area contributed by atoms with E-state index in [9.17, 15) is 18.0 Å². The van der Waals surface area contributed by atoms with Crippen molar-refractivity contribution in [2.45, 2.75) is 63.6 Å². The molecular formula is C36H39Cl2N3O4S. The molecule has 242 valence electrons. The summed E-state index contributed by atoms with van der Waals surface area (Å²) in [6.45, 7) is 5.20. The minimum atomic E-state index is -4.19. The number of anilines is 1. The lowest BCUT2D eigenvalue weighted by atomic mass is 10.0. The highest BCUT2D eigenvalue weighted by Crippen LogP contribution is 2.29. The average Bonchev–Trinajstić information content (AvgIpc) is 3.06. The van der Waals surface area contributed by atoms with E-state index in [0.717, 1.165) is 15.4 Å². The summed E-state index contributed by atoms with van der Waals surface area (Å²) in [5.41, 5.74) is 2.57. The second-order valence-electron chi connectivity index (χ2n) is 11.1. The van der Waals surface area contributed by atoms with Crippen LogP contribution in [0.3, 0.4) is 0 Å². The Morgan fingerprint density at radius 2 is 1.46 bits per heavy atom. The van der Waals surface area contributed by atoms with Crippen LogP contribution in [-0.2, 0) is 39.0 Å². The van der Waals surface area contributed by atoms with E-state index in [1.54, 1.807) is 48.5 Å². The van der Waals surface area contributed by atoms with Crippen molar-refractivity contribution in [2.75, 3.05) is 10.8 Å². The van der Waals surface area contributed by atoms with Gasteiger partial charge in [-0.3, -0.25) is 13.9 Å². The van der Waals surface area contributed by atoms with Crippen molar-refractivity contribution in [3.63, 3.8) is 0 Å². The molecule has 4 rings (SSSR count). The lowest BCUT2D eigenvalue weighted by Gasteiger charge is -2.35. The average molecular weight is 681 g/mol. The molecule has 0 unspecified atom stereocenters. The van der Waals surface area contributed by atoms with Gasteiger partial charge in [-0.25, -0.2) is 8.42 Å². The Hall–Kier alpha value is -3.85. The first-order valence-electron chi connectivity index (χ1n) is 15.3. The molecular weight excluding hydrogens is 641 g/mol. The molecule has 0 saturated carbocycles. The molecule has 0 aliphatic heterocycles. The van der Waals surface area contributed by atoms with Crippen molar-refractivity contribution in [2.24, 2.45) is 0 Å². The number of hydrogen-bond acceptors (Lipinski definition) is 4. The number of hydrogen-bond donors (Lipinski definition) is 1. The Balaban J connectivity index is 1.85. The van der Waals surface area contributed by atoms with Crippen molar-refractivity contribution < 1.29 is 18.0 Å². The topological polar surface area (TPSA) is 86.8 Å². The largest absolute Gasteiger partial charge is 0.352 e. The highest BCUT2D eigenvalue weighted by Gasteiger charge is 2.35. The quantitative estimate of drug-likeness (QED) is 0.151. The van der Waals surface area contributed by atoms with Crippen LogP contribution in [0.1, 0.15) is 43.9 Å². The zero-order chi connectivity index (χ0) is 33.3. The number of carbonyl (C=O) groups excluding carboxylic acids is 2. The molecule has 2 atom stereocenters. The van der Waals surface area contributed by atoms with Gasteiger partial charge in [0.05, 0.1) is 10.6 Å². The maximum atomic E-state index is 14.6. The third-order valence-electron chi connectivity index (χ3n) is 7.88. The van der Waals surface area contributed by atoms with E-state index in [1.165, 1.54) is 17.0 Å². The first-order valence-corrected chi connectivity index (χ1v) is 17.5. The van der Waals surface area contributed by atoms with Gasteiger partial charge in [0.15, 0.2) is 0 Å². The molecule has 0 aliphatic rings. The van der Waals surface area contributed by atoms with Crippen LogP contribution in [0.25, 0.3) is 0 Å². The van der Waals surface area contributed by atoms with Gasteiger partial charge in [-0.2, -0.15) is 0 Å². The van der Waals surface area contributed by atoms with E-state index in [4.69, 9.17) is 23.2 Å². The van der Waals surface area contributed by atoms with Gasteiger partial charge in [-0.05, 0) is 66.8 Å². The van der Waals surface area contributed by atoms with Crippen LogP contribution in [0.5, 0.6) is 0 Å². The third kappa shape index (κ3) is 8.69. The molecule has 10 heteroatoms. The van der Waals surface area contributed by atoms with Crippen LogP contribution in [0.4, 0.5) is 5.69 Å². The number of amides is 2.